The number of guanidine groups is 1. The summed E-state index contributed by atoms with van der Waals surface area (Å²) in [6.45, 7) is 10.7. The number of ether oxygens (including phenoxy) is 4. The molecule has 0 unspecified atom stereocenters. The van der Waals surface area contributed by atoms with Gasteiger partial charge in [-0.3, -0.25) is 20.2 Å². The summed E-state index contributed by atoms with van der Waals surface area (Å²) >= 11 is 0. The van der Waals surface area contributed by atoms with E-state index in [0.717, 1.165) is 38.9 Å². The molecule has 0 aromatic heterocycles. The highest BCUT2D eigenvalue weighted by Crippen LogP contribution is 2.24. The van der Waals surface area contributed by atoms with Crippen LogP contribution in [0.15, 0.2) is 138 Å². The van der Waals surface area contributed by atoms with E-state index in [1.807, 2.05) is 123 Å². The molecule has 15 nitrogen and oxygen atoms in total. The first-order chi connectivity index (χ1) is 32.1. The third kappa shape index (κ3) is 18.0. The Labute approximate surface area is 392 Å². The van der Waals surface area contributed by atoms with Crippen LogP contribution in [0.4, 0.5) is 14.4 Å². The number of nitrogens with one attached hydrogen (secondary N) is 5. The van der Waals surface area contributed by atoms with Gasteiger partial charge in [0.25, 0.3) is 0 Å². The molecule has 0 aliphatic carbocycles. The number of aryl methyl sites for hydroxylation is 2. The zero-order valence-corrected chi connectivity index (χ0v) is 38.8. The summed E-state index contributed by atoms with van der Waals surface area (Å²) in [4.78, 5) is 71.6. The summed E-state index contributed by atoms with van der Waals surface area (Å²) in [6.07, 6.45) is -2.22. The molecule has 0 spiro atoms. The maximum atomic E-state index is 14.0. The van der Waals surface area contributed by atoms with Crippen molar-refractivity contribution in [1.29, 1.82) is 0 Å². The Morgan fingerprint density at radius 1 is 0.582 bits per heavy atom. The van der Waals surface area contributed by atoms with Gasteiger partial charge in [0.05, 0.1) is 6.04 Å². The Kier molecular flexibility index (Phi) is 18.9. The van der Waals surface area contributed by atoms with Crippen molar-refractivity contribution < 1.29 is 42.9 Å². The van der Waals surface area contributed by atoms with Gasteiger partial charge in [-0.15, -0.1) is 0 Å². The van der Waals surface area contributed by atoms with Crippen LogP contribution in [0, 0.1) is 13.8 Å². The largest absolute Gasteiger partial charge is 0.489 e. The van der Waals surface area contributed by atoms with E-state index in [1.165, 1.54) is 6.92 Å². The van der Waals surface area contributed by atoms with Crippen LogP contribution < -0.4 is 31.3 Å². The van der Waals surface area contributed by atoms with Gasteiger partial charge >= 0.3 is 18.3 Å². The molecule has 0 aliphatic heterocycles. The quantitative estimate of drug-likeness (QED) is 0.0332. The van der Waals surface area contributed by atoms with Crippen LogP contribution in [-0.4, -0.2) is 66.3 Å². The van der Waals surface area contributed by atoms with E-state index in [0.29, 0.717) is 12.4 Å². The van der Waals surface area contributed by atoms with E-state index < -0.39 is 53.8 Å². The number of rotatable bonds is 18. The van der Waals surface area contributed by atoms with Crippen LogP contribution in [0.1, 0.15) is 66.6 Å². The van der Waals surface area contributed by atoms with Gasteiger partial charge in [-0.1, -0.05) is 121 Å². The van der Waals surface area contributed by atoms with Gasteiger partial charge in [-0.25, -0.2) is 19.4 Å². The smallest absolute Gasteiger partial charge is 0.414 e. The van der Waals surface area contributed by atoms with E-state index in [4.69, 9.17) is 18.9 Å². The number of carbonyl (C=O) groups excluding carboxylic acids is 5. The Morgan fingerprint density at radius 3 is 1.52 bits per heavy atom. The zero-order chi connectivity index (χ0) is 48.2. The molecule has 5 aromatic carbocycles. The lowest BCUT2D eigenvalue weighted by Crippen LogP contribution is -2.54. The highest BCUT2D eigenvalue weighted by Gasteiger charge is 2.29. The fourth-order valence-corrected chi connectivity index (χ4v) is 6.75. The van der Waals surface area contributed by atoms with E-state index in [-0.39, 0.29) is 38.6 Å². The van der Waals surface area contributed by atoms with Gasteiger partial charge in [-0.2, -0.15) is 0 Å². The van der Waals surface area contributed by atoms with E-state index >= 15 is 0 Å². The first-order valence-electron chi connectivity index (χ1n) is 22.0. The lowest BCUT2D eigenvalue weighted by atomic mass is 9.95. The van der Waals surface area contributed by atoms with Crippen LogP contribution >= 0.6 is 0 Å². The molecule has 0 aliphatic rings. The minimum Gasteiger partial charge on any atom is -0.489 e. The summed E-state index contributed by atoms with van der Waals surface area (Å²) < 4.78 is 22.4. The highest BCUT2D eigenvalue weighted by atomic mass is 16.6. The number of amides is 5. The first-order valence-corrected chi connectivity index (χ1v) is 22.0. The minimum absolute atomic E-state index is 0.0463. The predicted octanol–water partition coefficient (Wildman–Crippen LogP) is 7.76. The van der Waals surface area contributed by atoms with Crippen molar-refractivity contribution in [3.63, 3.8) is 0 Å². The zero-order valence-electron chi connectivity index (χ0n) is 38.8. The summed E-state index contributed by atoms with van der Waals surface area (Å²) in [5.74, 6) is -0.787. The molecule has 0 saturated carbocycles. The number of aliphatic imine (C=N–C) groups is 1. The van der Waals surface area contributed by atoms with Crippen molar-refractivity contribution in [2.24, 2.45) is 4.99 Å². The number of hydrogen-bond acceptors (Lipinski definition) is 10. The molecule has 352 valence electrons. The van der Waals surface area contributed by atoms with Crippen molar-refractivity contribution in [3.8, 4) is 5.75 Å². The van der Waals surface area contributed by atoms with Crippen molar-refractivity contribution in [1.82, 2.24) is 26.6 Å². The predicted molar refractivity (Wildman–Crippen MR) is 255 cm³/mol. The maximum absolute atomic E-state index is 14.0. The average Bonchev–Trinajstić information content (AvgIpc) is 3.30. The fourth-order valence-electron chi connectivity index (χ4n) is 6.75. The van der Waals surface area contributed by atoms with Crippen LogP contribution in [0.3, 0.4) is 0 Å². The van der Waals surface area contributed by atoms with Gasteiger partial charge in [0.2, 0.25) is 17.8 Å². The van der Waals surface area contributed by atoms with Crippen molar-refractivity contribution in [2.45, 2.75) is 97.9 Å². The number of benzene rings is 5. The summed E-state index contributed by atoms with van der Waals surface area (Å²) in [5, 5.41) is 13.3. The number of alkyl carbamates (subject to hydrolysis) is 3. The van der Waals surface area contributed by atoms with Gasteiger partial charge in [-0.05, 0) is 99.0 Å². The molecule has 5 rings (SSSR count). The van der Waals surface area contributed by atoms with E-state index in [2.05, 4.69) is 31.6 Å². The standard InChI is InChI=1S/C52H60N6O9/c1-35-27-43(64-32-39-21-13-8-14-22-39)28-36(2)44(35)30-45(56-51(63)67-52(4,5)6)47(60)54-37(3)46(59)53-31-42(29-38-19-11-7-12-20-38)55-48(57-49(61)65-33-40-23-15-9-16-24-40)58-50(62)66-34-41-25-17-10-18-26-41/h7-28,37,42,45H,29-34H2,1-6H3,(H,53,59)(H,54,60)(H,56,63)(H2,55,57,58,61,62)/t37-,42+,45+/m1/s1. The summed E-state index contributed by atoms with van der Waals surface area (Å²) in [7, 11) is 0. The third-order valence-electron chi connectivity index (χ3n) is 10.1. The first kappa shape index (κ1) is 50.3. The molecule has 15 heteroatoms. The molecule has 0 bridgehead atoms. The Hall–Kier alpha value is -7.68. The molecule has 3 atom stereocenters. The summed E-state index contributed by atoms with van der Waals surface area (Å²) in [5.41, 5.74) is 5.03. The lowest BCUT2D eigenvalue weighted by molar-refractivity contribution is -0.129. The topological polar surface area (TPSA) is 195 Å². The summed E-state index contributed by atoms with van der Waals surface area (Å²) in [6, 6.07) is 38.0. The van der Waals surface area contributed by atoms with Gasteiger partial charge < -0.3 is 34.9 Å². The third-order valence-corrected chi connectivity index (χ3v) is 10.1. The number of hydrogen-bond donors (Lipinski definition) is 5. The van der Waals surface area contributed by atoms with Gasteiger partial charge in [0, 0.05) is 13.0 Å². The van der Waals surface area contributed by atoms with E-state index in [1.54, 1.807) is 45.0 Å². The second-order valence-electron chi connectivity index (χ2n) is 16.9. The number of nitrogens with zero attached hydrogens (tertiary/aromatic N) is 1. The molecule has 5 aromatic rings. The molecular weight excluding hydrogens is 853 g/mol. The SMILES string of the molecule is Cc1cc(OCc2ccccc2)cc(C)c1C[C@H](NC(=O)OC(C)(C)C)C(=O)N[C@H](C)C(=O)NC[C@H](Cc1ccccc1)N=C(NC(=O)OCc1ccccc1)NC(=O)OCc1ccccc1. The van der Waals surface area contributed by atoms with Crippen LogP contribution in [0.5, 0.6) is 5.75 Å². The fraction of sp³-hybridized carbons (Fsp3) is 0.308. The Morgan fingerprint density at radius 2 is 1.04 bits per heavy atom. The molecule has 5 N–H and O–H groups in total. The van der Waals surface area contributed by atoms with Crippen LogP contribution in [0.2, 0.25) is 0 Å². The normalized spacial score (nSPS) is 12.2. The minimum atomic E-state index is -1.13. The molecule has 0 saturated heterocycles. The van der Waals surface area contributed by atoms with E-state index in [9.17, 15) is 24.0 Å². The Balaban J connectivity index is 1.30. The molecular formula is C52H60N6O9. The van der Waals surface area contributed by atoms with Gasteiger partial charge in [0.1, 0.15) is 43.3 Å². The molecule has 0 heterocycles. The molecule has 0 radical (unpaired) electrons. The van der Waals surface area contributed by atoms with Crippen LogP contribution in [0.25, 0.3) is 0 Å². The monoisotopic (exact) mass is 912 g/mol. The highest BCUT2D eigenvalue weighted by molar-refractivity contribution is 6.01. The average molecular weight is 913 g/mol. The van der Waals surface area contributed by atoms with Crippen molar-refractivity contribution in [2.75, 3.05) is 6.54 Å². The second-order valence-corrected chi connectivity index (χ2v) is 16.9. The second kappa shape index (κ2) is 25.1. The Bertz CT molecular complexity index is 2350. The molecule has 0 fully saturated rings. The van der Waals surface area contributed by atoms with Crippen LogP contribution in [-0.2, 0) is 56.5 Å². The molecule has 67 heavy (non-hydrogen) atoms. The maximum Gasteiger partial charge on any atom is 0.414 e. The lowest BCUT2D eigenvalue weighted by Gasteiger charge is -2.25. The van der Waals surface area contributed by atoms with Crippen molar-refractivity contribution >= 4 is 36.1 Å². The number of carbonyl (C=O) groups is 5. The van der Waals surface area contributed by atoms with Crippen molar-refractivity contribution in [3.05, 3.63) is 172 Å². The van der Waals surface area contributed by atoms with Gasteiger partial charge in [0.15, 0.2) is 0 Å². The molecule has 5 amide bonds.